The Labute approximate surface area is 127 Å². The number of ketones is 1. The van der Waals surface area contributed by atoms with Gasteiger partial charge in [-0.25, -0.2) is 0 Å². The van der Waals surface area contributed by atoms with E-state index in [0.717, 1.165) is 13.1 Å². The first-order valence-corrected chi connectivity index (χ1v) is 8.47. The van der Waals surface area contributed by atoms with Crippen LogP contribution in [0.1, 0.15) is 68.8 Å². The molecule has 114 valence electrons. The lowest BCUT2D eigenvalue weighted by Gasteiger charge is -2.45. The van der Waals surface area contributed by atoms with Crippen molar-refractivity contribution in [3.05, 3.63) is 24.0 Å². The Balaban J connectivity index is 1.62. The zero-order valence-corrected chi connectivity index (χ0v) is 13.1. The lowest BCUT2D eigenvalue weighted by molar-refractivity contribution is 0.0983. The summed E-state index contributed by atoms with van der Waals surface area (Å²) >= 11 is 0. The number of carbonyl (C=O) groups excluding carboxylic acids is 1. The molecule has 0 radical (unpaired) electrons. The first-order chi connectivity index (χ1) is 10.2. The van der Waals surface area contributed by atoms with Gasteiger partial charge in [0.05, 0.1) is 11.9 Å². The number of nitrogens with zero attached hydrogens (tertiary/aromatic N) is 2. The summed E-state index contributed by atoms with van der Waals surface area (Å²) in [5.41, 5.74) is 2.41. The Hall–Kier alpha value is -1.38. The van der Waals surface area contributed by atoms with Crippen LogP contribution >= 0.6 is 0 Å². The second-order valence-corrected chi connectivity index (χ2v) is 6.73. The van der Waals surface area contributed by atoms with Gasteiger partial charge in [-0.15, -0.1) is 0 Å². The summed E-state index contributed by atoms with van der Waals surface area (Å²) in [6.45, 7) is 4.16. The van der Waals surface area contributed by atoms with Crippen LogP contribution in [-0.4, -0.2) is 23.9 Å². The number of carbonyl (C=O) groups is 1. The maximum absolute atomic E-state index is 11.6. The molecule has 1 aromatic rings. The maximum atomic E-state index is 11.6. The number of anilines is 1. The average Bonchev–Trinajstić information content (AvgIpc) is 2.56. The van der Waals surface area contributed by atoms with Crippen molar-refractivity contribution in [3.8, 4) is 0 Å². The van der Waals surface area contributed by atoms with E-state index in [4.69, 9.17) is 0 Å². The Kier molecular flexibility index (Phi) is 4.27. The average molecular weight is 286 g/mol. The summed E-state index contributed by atoms with van der Waals surface area (Å²) in [6, 6.07) is 3.95. The molecule has 3 heteroatoms. The number of piperidine rings is 1. The van der Waals surface area contributed by atoms with Crippen molar-refractivity contribution in [2.75, 3.05) is 18.0 Å². The molecule has 0 N–H and O–H groups in total. The molecule has 21 heavy (non-hydrogen) atoms. The van der Waals surface area contributed by atoms with E-state index in [1.807, 2.05) is 19.2 Å². The van der Waals surface area contributed by atoms with E-state index in [1.165, 1.54) is 50.6 Å². The monoisotopic (exact) mass is 286 g/mol. The second-order valence-electron chi connectivity index (χ2n) is 6.73. The number of aromatic nitrogens is 1. The van der Waals surface area contributed by atoms with E-state index in [0.29, 0.717) is 17.5 Å². The predicted molar refractivity (Wildman–Crippen MR) is 85.8 cm³/mol. The summed E-state index contributed by atoms with van der Waals surface area (Å²) < 4.78 is 0. The molecule has 1 aliphatic carbocycles. The topological polar surface area (TPSA) is 33.2 Å². The molecule has 1 saturated carbocycles. The fraction of sp³-hybridized carbons (Fsp3) is 0.667. The fourth-order valence-corrected chi connectivity index (χ4v) is 3.96. The third-order valence-corrected chi connectivity index (χ3v) is 5.46. The Morgan fingerprint density at radius 1 is 1.14 bits per heavy atom. The SMILES string of the molecule is CCC(=O)c1ccc(N2CCC3(CCCCC3)CC2)cn1. The highest BCUT2D eigenvalue weighted by Crippen LogP contribution is 2.45. The van der Waals surface area contributed by atoms with Gasteiger partial charge in [0.1, 0.15) is 5.69 Å². The van der Waals surface area contributed by atoms with Gasteiger partial charge in [0, 0.05) is 19.5 Å². The molecule has 0 bridgehead atoms. The van der Waals surface area contributed by atoms with Gasteiger partial charge in [-0.3, -0.25) is 9.78 Å². The van der Waals surface area contributed by atoms with Crippen LogP contribution in [0.4, 0.5) is 5.69 Å². The molecule has 3 nitrogen and oxygen atoms in total. The molecule has 2 fully saturated rings. The zero-order chi connectivity index (χ0) is 14.7. The zero-order valence-electron chi connectivity index (χ0n) is 13.1. The first-order valence-electron chi connectivity index (χ1n) is 8.47. The lowest BCUT2D eigenvalue weighted by atomic mass is 9.68. The highest BCUT2D eigenvalue weighted by atomic mass is 16.1. The minimum absolute atomic E-state index is 0.126. The number of pyridine rings is 1. The van der Waals surface area contributed by atoms with Crippen molar-refractivity contribution in [3.63, 3.8) is 0 Å². The smallest absolute Gasteiger partial charge is 0.180 e. The van der Waals surface area contributed by atoms with E-state index in [-0.39, 0.29) is 5.78 Å². The summed E-state index contributed by atoms with van der Waals surface area (Å²) in [5.74, 6) is 0.126. The normalized spacial score (nSPS) is 21.5. The molecule has 0 atom stereocenters. The number of hydrogen-bond donors (Lipinski definition) is 0. The highest BCUT2D eigenvalue weighted by Gasteiger charge is 2.35. The van der Waals surface area contributed by atoms with Crippen LogP contribution in [0.5, 0.6) is 0 Å². The van der Waals surface area contributed by atoms with Crippen molar-refractivity contribution in [2.24, 2.45) is 5.41 Å². The summed E-state index contributed by atoms with van der Waals surface area (Å²) in [4.78, 5) is 18.4. The molecule has 3 rings (SSSR count). The Morgan fingerprint density at radius 3 is 2.43 bits per heavy atom. The largest absolute Gasteiger partial charge is 0.370 e. The van der Waals surface area contributed by atoms with Crippen LogP contribution < -0.4 is 4.90 Å². The van der Waals surface area contributed by atoms with Gasteiger partial charge in [0.2, 0.25) is 0 Å². The van der Waals surface area contributed by atoms with Gasteiger partial charge in [-0.1, -0.05) is 26.2 Å². The van der Waals surface area contributed by atoms with Gasteiger partial charge in [0.15, 0.2) is 5.78 Å². The number of hydrogen-bond acceptors (Lipinski definition) is 3. The second kappa shape index (κ2) is 6.17. The third kappa shape index (κ3) is 3.12. The number of Topliss-reactive ketones (excluding diaryl/α,β-unsaturated/α-hetero) is 1. The minimum atomic E-state index is 0.126. The van der Waals surface area contributed by atoms with Crippen LogP contribution in [0.15, 0.2) is 18.3 Å². The predicted octanol–water partition coefficient (Wildman–Crippen LogP) is 4.23. The van der Waals surface area contributed by atoms with Gasteiger partial charge in [-0.05, 0) is 43.2 Å². The molecule has 1 saturated heterocycles. The first kappa shape index (κ1) is 14.6. The molecule has 0 unspecified atom stereocenters. The standard InChI is InChI=1S/C18H26N2O/c1-2-17(21)16-7-6-15(14-19-16)20-12-10-18(11-13-20)8-4-3-5-9-18/h6-7,14H,2-5,8-13H2,1H3. The van der Waals surface area contributed by atoms with Crippen LogP contribution in [0, 0.1) is 5.41 Å². The van der Waals surface area contributed by atoms with Gasteiger partial charge < -0.3 is 4.90 Å². The van der Waals surface area contributed by atoms with Crippen molar-refractivity contribution in [1.82, 2.24) is 4.98 Å². The van der Waals surface area contributed by atoms with Gasteiger partial charge in [0.25, 0.3) is 0 Å². The molecule has 1 aromatic heterocycles. The Morgan fingerprint density at radius 2 is 1.86 bits per heavy atom. The molecular formula is C18H26N2O. The molecule has 1 spiro atoms. The summed E-state index contributed by atoms with van der Waals surface area (Å²) in [5, 5.41) is 0. The van der Waals surface area contributed by atoms with Crippen molar-refractivity contribution >= 4 is 11.5 Å². The Bertz CT molecular complexity index is 478. The van der Waals surface area contributed by atoms with Crippen molar-refractivity contribution in [2.45, 2.75) is 58.3 Å². The minimum Gasteiger partial charge on any atom is -0.370 e. The molecular weight excluding hydrogens is 260 g/mol. The molecule has 0 aromatic carbocycles. The van der Waals surface area contributed by atoms with Crippen LogP contribution in [-0.2, 0) is 0 Å². The third-order valence-electron chi connectivity index (χ3n) is 5.46. The fourth-order valence-electron chi connectivity index (χ4n) is 3.96. The van der Waals surface area contributed by atoms with Crippen molar-refractivity contribution in [1.29, 1.82) is 0 Å². The van der Waals surface area contributed by atoms with Crippen molar-refractivity contribution < 1.29 is 4.79 Å². The van der Waals surface area contributed by atoms with Gasteiger partial charge >= 0.3 is 0 Å². The van der Waals surface area contributed by atoms with Crippen LogP contribution in [0.2, 0.25) is 0 Å². The van der Waals surface area contributed by atoms with E-state index in [9.17, 15) is 4.79 Å². The molecule has 2 heterocycles. The summed E-state index contributed by atoms with van der Waals surface area (Å²) in [7, 11) is 0. The van der Waals surface area contributed by atoms with Crippen LogP contribution in [0.3, 0.4) is 0 Å². The van der Waals surface area contributed by atoms with E-state index < -0.39 is 0 Å². The maximum Gasteiger partial charge on any atom is 0.180 e. The quantitative estimate of drug-likeness (QED) is 0.780. The molecule has 2 aliphatic rings. The van der Waals surface area contributed by atoms with Crippen LogP contribution in [0.25, 0.3) is 0 Å². The van der Waals surface area contributed by atoms with E-state index in [2.05, 4.69) is 16.0 Å². The van der Waals surface area contributed by atoms with Gasteiger partial charge in [-0.2, -0.15) is 0 Å². The molecule has 0 amide bonds. The highest BCUT2D eigenvalue weighted by molar-refractivity contribution is 5.94. The number of rotatable bonds is 3. The lowest BCUT2D eigenvalue weighted by Crippen LogP contribution is -2.41. The molecule has 1 aliphatic heterocycles. The van der Waals surface area contributed by atoms with E-state index in [1.54, 1.807) is 0 Å². The summed E-state index contributed by atoms with van der Waals surface area (Å²) in [6.07, 6.45) is 12.2. The van der Waals surface area contributed by atoms with E-state index >= 15 is 0 Å².